The maximum atomic E-state index is 12.6. The lowest BCUT2D eigenvalue weighted by molar-refractivity contribution is -0.697. The Kier molecular flexibility index (Phi) is 6.91. The zero-order valence-electron chi connectivity index (χ0n) is 19.0. The fourth-order valence-corrected chi connectivity index (χ4v) is 7.09. The molecule has 0 radical (unpaired) electrons. The fourth-order valence-electron chi connectivity index (χ4n) is 5.32. The van der Waals surface area contributed by atoms with E-state index in [4.69, 9.17) is 17.3 Å². The largest absolute Gasteiger partial charge is 0.393 e. The minimum atomic E-state index is -0.756. The third kappa shape index (κ3) is 4.58. The molecule has 1 aromatic rings. The molecule has 4 N–H and O–H groups in total. The predicted molar refractivity (Wildman–Crippen MR) is 124 cm³/mol. The molecular formula is C22H31ClN5O4S+. The van der Waals surface area contributed by atoms with Crippen molar-refractivity contribution < 1.29 is 24.1 Å². The molecule has 4 rings (SSSR count). The number of thioether (sulfide) groups is 1. The molecular weight excluding hydrogens is 466 g/mol. The lowest BCUT2D eigenvalue weighted by atomic mass is 9.79. The first-order valence-electron chi connectivity index (χ1n) is 11.3. The van der Waals surface area contributed by atoms with Gasteiger partial charge in [-0.25, -0.2) is 9.13 Å². The summed E-state index contributed by atoms with van der Waals surface area (Å²) in [5.74, 6) is -1.09. The Hall–Kier alpha value is -1.88. The Morgan fingerprint density at radius 2 is 2.18 bits per heavy atom. The SMILES string of the molecule is C[C@@H](O)[C@H]1C(=O)N2C(C(=O)Cl)=C(S[C@@H]3CN[C@H](CC[n+]4cc(CC(N)=O)n(C)c4)C3)[C@H](C)[C@H]12. The zero-order chi connectivity index (χ0) is 24.0. The van der Waals surface area contributed by atoms with Crippen molar-refractivity contribution >= 4 is 40.4 Å². The van der Waals surface area contributed by atoms with Crippen molar-refractivity contribution in [1.29, 1.82) is 0 Å². The second-order valence-electron chi connectivity index (χ2n) is 9.34. The summed E-state index contributed by atoms with van der Waals surface area (Å²) in [6, 6.07) is 0.123. The van der Waals surface area contributed by atoms with Gasteiger partial charge in [-0.3, -0.25) is 14.4 Å². The van der Waals surface area contributed by atoms with Crippen LogP contribution < -0.4 is 15.6 Å². The highest BCUT2D eigenvalue weighted by molar-refractivity contribution is 8.03. The van der Waals surface area contributed by atoms with Gasteiger partial charge < -0.3 is 21.1 Å². The molecule has 180 valence electrons. The number of β-lactam (4-membered cyclic amide) rings is 1. The van der Waals surface area contributed by atoms with Gasteiger partial charge in [-0.1, -0.05) is 6.92 Å². The number of aliphatic hydroxyl groups is 1. The number of imidazole rings is 1. The molecule has 0 aliphatic carbocycles. The number of amides is 2. The minimum Gasteiger partial charge on any atom is -0.393 e. The molecule has 1 aromatic heterocycles. The Morgan fingerprint density at radius 1 is 1.45 bits per heavy atom. The number of hydrogen-bond donors (Lipinski definition) is 3. The van der Waals surface area contributed by atoms with Gasteiger partial charge in [0.2, 0.25) is 18.1 Å². The van der Waals surface area contributed by atoms with E-state index in [0.29, 0.717) is 11.7 Å². The molecule has 4 heterocycles. The van der Waals surface area contributed by atoms with E-state index < -0.39 is 17.3 Å². The molecule has 6 atom stereocenters. The van der Waals surface area contributed by atoms with Crippen molar-refractivity contribution in [3.05, 3.63) is 28.8 Å². The van der Waals surface area contributed by atoms with Crippen LogP contribution in [0.15, 0.2) is 23.1 Å². The first kappa shape index (κ1) is 24.3. The summed E-state index contributed by atoms with van der Waals surface area (Å²) in [5, 5.41) is 13.2. The van der Waals surface area contributed by atoms with Crippen molar-refractivity contribution in [3.63, 3.8) is 0 Å². The Balaban J connectivity index is 1.37. The highest BCUT2D eigenvalue weighted by Crippen LogP contribution is 2.52. The molecule has 0 spiro atoms. The lowest BCUT2D eigenvalue weighted by Crippen LogP contribution is -2.63. The molecule has 3 aliphatic heterocycles. The van der Waals surface area contributed by atoms with E-state index in [2.05, 4.69) is 9.88 Å². The number of aliphatic hydroxyl groups excluding tert-OH is 1. The maximum Gasteiger partial charge on any atom is 0.269 e. The van der Waals surface area contributed by atoms with Gasteiger partial charge in [0.15, 0.2) is 5.69 Å². The average molecular weight is 497 g/mol. The van der Waals surface area contributed by atoms with Gasteiger partial charge in [0.05, 0.1) is 38.1 Å². The van der Waals surface area contributed by atoms with Gasteiger partial charge in [-0.15, -0.1) is 11.8 Å². The van der Waals surface area contributed by atoms with Crippen molar-refractivity contribution in [2.45, 2.75) is 63.1 Å². The molecule has 3 aliphatic rings. The van der Waals surface area contributed by atoms with Crippen LogP contribution in [0.1, 0.15) is 32.4 Å². The molecule has 2 fully saturated rings. The number of carbonyl (C=O) groups is 3. The number of allylic oxidation sites excluding steroid dienone is 1. The number of rotatable bonds is 9. The van der Waals surface area contributed by atoms with Gasteiger partial charge >= 0.3 is 0 Å². The normalized spacial score (nSPS) is 29.9. The van der Waals surface area contributed by atoms with Crippen LogP contribution in [0.3, 0.4) is 0 Å². The van der Waals surface area contributed by atoms with Gasteiger partial charge in [-0.2, -0.15) is 0 Å². The number of nitrogens with zero attached hydrogens (tertiary/aromatic N) is 3. The van der Waals surface area contributed by atoms with Crippen LogP contribution in [-0.4, -0.2) is 61.6 Å². The molecule has 0 saturated carbocycles. The molecule has 0 aromatic carbocycles. The highest BCUT2D eigenvalue weighted by atomic mass is 35.5. The van der Waals surface area contributed by atoms with Gasteiger partial charge in [-0.05, 0) is 24.9 Å². The predicted octanol–water partition coefficient (Wildman–Crippen LogP) is 0.0287. The number of fused-ring (bicyclic) bond motifs is 1. The van der Waals surface area contributed by atoms with Gasteiger partial charge in [0.25, 0.3) is 5.24 Å². The summed E-state index contributed by atoms with van der Waals surface area (Å²) < 4.78 is 3.98. The number of nitrogens with one attached hydrogen (secondary N) is 1. The van der Waals surface area contributed by atoms with Crippen LogP contribution in [0.2, 0.25) is 0 Å². The van der Waals surface area contributed by atoms with E-state index in [1.54, 1.807) is 18.7 Å². The fraction of sp³-hybridized carbons (Fsp3) is 0.636. The summed E-state index contributed by atoms with van der Waals surface area (Å²) >= 11 is 7.53. The smallest absolute Gasteiger partial charge is 0.269 e. The van der Waals surface area contributed by atoms with E-state index in [9.17, 15) is 19.5 Å². The zero-order valence-corrected chi connectivity index (χ0v) is 20.6. The van der Waals surface area contributed by atoms with E-state index >= 15 is 0 Å². The molecule has 0 bridgehead atoms. The van der Waals surface area contributed by atoms with E-state index in [-0.39, 0.29) is 35.4 Å². The first-order chi connectivity index (χ1) is 15.6. The average Bonchev–Trinajstić information content (AvgIpc) is 3.37. The number of halogens is 1. The van der Waals surface area contributed by atoms with Crippen molar-refractivity contribution in [2.24, 2.45) is 24.6 Å². The number of carbonyl (C=O) groups excluding carboxylic acids is 3. The number of primary amides is 1. The summed E-state index contributed by atoms with van der Waals surface area (Å²) in [4.78, 5) is 38.3. The molecule has 0 unspecified atom stereocenters. The number of hydrogen-bond acceptors (Lipinski definition) is 6. The first-order valence-corrected chi connectivity index (χ1v) is 12.5. The minimum absolute atomic E-state index is 0.0346. The van der Waals surface area contributed by atoms with E-state index in [1.165, 1.54) is 4.90 Å². The molecule has 2 amide bonds. The number of nitrogens with two attached hydrogens (primary N) is 1. The highest BCUT2D eigenvalue weighted by Gasteiger charge is 2.59. The molecule has 33 heavy (non-hydrogen) atoms. The summed E-state index contributed by atoms with van der Waals surface area (Å²) in [6.07, 6.45) is 5.24. The second-order valence-corrected chi connectivity index (χ2v) is 11.0. The van der Waals surface area contributed by atoms with Gasteiger partial charge in [0, 0.05) is 35.1 Å². The second kappa shape index (κ2) is 9.40. The Morgan fingerprint density at radius 3 is 2.82 bits per heavy atom. The maximum absolute atomic E-state index is 12.6. The van der Waals surface area contributed by atoms with Crippen molar-refractivity contribution in [1.82, 2.24) is 14.8 Å². The van der Waals surface area contributed by atoms with Crippen molar-refractivity contribution in [2.75, 3.05) is 6.54 Å². The summed E-state index contributed by atoms with van der Waals surface area (Å²) in [7, 11) is 1.90. The van der Waals surface area contributed by atoms with Crippen LogP contribution in [0.5, 0.6) is 0 Å². The molecule has 11 heteroatoms. The lowest BCUT2D eigenvalue weighted by Gasteiger charge is -2.46. The van der Waals surface area contributed by atoms with Crippen molar-refractivity contribution in [3.8, 4) is 0 Å². The number of aromatic nitrogens is 2. The van der Waals surface area contributed by atoms with Crippen LogP contribution in [0.4, 0.5) is 0 Å². The Bertz CT molecular complexity index is 1010. The number of aryl methyl sites for hydroxylation is 2. The summed E-state index contributed by atoms with van der Waals surface area (Å²) in [6.45, 7) is 5.24. The van der Waals surface area contributed by atoms with Crippen LogP contribution >= 0.6 is 23.4 Å². The monoisotopic (exact) mass is 496 g/mol. The third-order valence-electron chi connectivity index (χ3n) is 6.95. The van der Waals surface area contributed by atoms with Crippen LogP contribution in [-0.2, 0) is 34.4 Å². The van der Waals surface area contributed by atoms with Gasteiger partial charge in [0.1, 0.15) is 11.9 Å². The quantitative estimate of drug-likeness (QED) is 0.252. The van der Waals surface area contributed by atoms with Crippen LogP contribution in [0.25, 0.3) is 0 Å². The van der Waals surface area contributed by atoms with E-state index in [1.807, 2.05) is 31.1 Å². The Labute approximate surface area is 202 Å². The third-order valence-corrected chi connectivity index (χ3v) is 8.64. The van der Waals surface area contributed by atoms with E-state index in [0.717, 1.165) is 36.5 Å². The topological polar surface area (TPSA) is 122 Å². The summed E-state index contributed by atoms with van der Waals surface area (Å²) in [5.41, 5.74) is 6.48. The standard InChI is InChI=1S/C22H30ClN5O4S/c1-11-18-17(12(2)29)22(32)28(18)19(21(23)31)20(11)33-15-6-13(25-8-15)4-5-27-9-14(7-16(24)30)26(3)10-27/h9-13,15,17-18,25,29H,4-8H2,1-3H3,(H-,24,30)/p+1/t11-,12-,13-,15+,17-,18-/m1/s1. The molecule has 2 saturated heterocycles. The molecule has 9 nitrogen and oxygen atoms in total. The van der Waals surface area contributed by atoms with Crippen LogP contribution in [0, 0.1) is 11.8 Å².